The van der Waals surface area contributed by atoms with Gasteiger partial charge in [-0.15, -0.1) is 0 Å². The predicted octanol–water partition coefficient (Wildman–Crippen LogP) is 1.36. The summed E-state index contributed by atoms with van der Waals surface area (Å²) in [5.41, 5.74) is -0.396. The Morgan fingerprint density at radius 3 is 2.65 bits per heavy atom. The first-order chi connectivity index (χ1) is 14.8. The maximum Gasteiger partial charge on any atom is 0.408 e. The molecule has 4 aliphatic rings. The van der Waals surface area contributed by atoms with E-state index >= 15 is 0 Å². The Labute approximate surface area is 176 Å². The molecule has 0 saturated carbocycles. The Balaban J connectivity index is 1.49. The van der Waals surface area contributed by atoms with Gasteiger partial charge < -0.3 is 19.3 Å². The van der Waals surface area contributed by atoms with Crippen LogP contribution in [0.25, 0.3) is 0 Å². The van der Waals surface area contributed by atoms with E-state index in [2.05, 4.69) is 4.98 Å². The Morgan fingerprint density at radius 1 is 1.23 bits per heavy atom. The molecular weight excluding hydrogens is 417 g/mol. The molecular formula is C20H25F3N4O4. The number of ether oxygens (including phenoxy) is 2. The Hall–Kier alpha value is -2.14. The molecule has 11 heteroatoms. The predicted molar refractivity (Wildman–Crippen MR) is 104 cm³/mol. The number of hydrogen-bond acceptors (Lipinski definition) is 7. The molecule has 0 N–H and O–H groups in total. The number of carbonyl (C=O) groups excluding carboxylic acids is 1. The van der Waals surface area contributed by atoms with E-state index in [0.29, 0.717) is 45.0 Å². The van der Waals surface area contributed by atoms with E-state index < -0.39 is 24.3 Å². The highest BCUT2D eigenvalue weighted by molar-refractivity contribution is 5.85. The molecule has 3 atom stereocenters. The third kappa shape index (κ3) is 3.82. The van der Waals surface area contributed by atoms with Crippen molar-refractivity contribution in [3.8, 4) is 0 Å². The quantitative estimate of drug-likeness (QED) is 0.697. The van der Waals surface area contributed by atoms with Crippen LogP contribution in [0.15, 0.2) is 10.9 Å². The molecule has 1 unspecified atom stereocenters. The average molecular weight is 442 g/mol. The number of carbonyl (C=O) groups is 1. The van der Waals surface area contributed by atoms with Crippen molar-refractivity contribution in [2.24, 2.45) is 5.92 Å². The Kier molecular flexibility index (Phi) is 5.20. The lowest BCUT2D eigenvalue weighted by Gasteiger charge is -2.40. The van der Waals surface area contributed by atoms with Crippen LogP contribution in [0.4, 0.5) is 24.9 Å². The summed E-state index contributed by atoms with van der Waals surface area (Å²) in [6.45, 7) is 1.43. The van der Waals surface area contributed by atoms with Crippen LogP contribution in [-0.4, -0.2) is 72.6 Å². The number of nitrogens with zero attached hydrogens (tertiary/aromatic N) is 4. The number of anilines is 2. The van der Waals surface area contributed by atoms with Crippen LogP contribution < -0.4 is 15.4 Å². The molecule has 3 saturated heterocycles. The Bertz CT molecular complexity index is 915. The summed E-state index contributed by atoms with van der Waals surface area (Å²) in [5.74, 6) is -0.308. The number of aromatic nitrogens is 2. The van der Waals surface area contributed by atoms with Gasteiger partial charge in [-0.1, -0.05) is 0 Å². The van der Waals surface area contributed by atoms with Gasteiger partial charge in [0.15, 0.2) is 5.78 Å². The molecule has 0 spiro atoms. The smallest absolute Gasteiger partial charge is 0.381 e. The highest BCUT2D eigenvalue weighted by Crippen LogP contribution is 2.36. The minimum atomic E-state index is -4.53. The van der Waals surface area contributed by atoms with Crippen LogP contribution in [0.5, 0.6) is 0 Å². The second-order valence-corrected chi connectivity index (χ2v) is 8.73. The van der Waals surface area contributed by atoms with Gasteiger partial charge in [-0.05, 0) is 25.7 Å². The van der Waals surface area contributed by atoms with Gasteiger partial charge in [0.1, 0.15) is 11.9 Å². The number of ketones is 1. The number of morpholine rings is 1. The molecule has 8 nitrogen and oxygen atoms in total. The number of hydrogen-bond donors (Lipinski definition) is 0. The van der Waals surface area contributed by atoms with Gasteiger partial charge in [-0.3, -0.25) is 14.2 Å². The van der Waals surface area contributed by atoms with E-state index in [0.717, 1.165) is 11.3 Å². The van der Waals surface area contributed by atoms with Crippen molar-refractivity contribution < 1.29 is 27.4 Å². The lowest BCUT2D eigenvalue weighted by molar-refractivity contribution is -0.153. The van der Waals surface area contributed by atoms with E-state index in [9.17, 15) is 22.8 Å². The highest BCUT2D eigenvalue weighted by Gasteiger charge is 2.48. The molecule has 0 aromatic carbocycles. The maximum atomic E-state index is 13.9. The maximum absolute atomic E-state index is 13.9. The van der Waals surface area contributed by atoms with Crippen LogP contribution in [0, 0.1) is 5.92 Å². The van der Waals surface area contributed by atoms with Crippen molar-refractivity contribution in [2.45, 2.75) is 56.6 Å². The number of alkyl halides is 3. The molecule has 1 aromatic heterocycles. The lowest BCUT2D eigenvalue weighted by Crippen LogP contribution is -2.55. The fourth-order valence-corrected chi connectivity index (χ4v) is 5.12. The minimum absolute atomic E-state index is 0.0553. The van der Waals surface area contributed by atoms with Crippen molar-refractivity contribution in [1.82, 2.24) is 9.55 Å². The summed E-state index contributed by atoms with van der Waals surface area (Å²) in [6.07, 6.45) is -2.95. The van der Waals surface area contributed by atoms with Crippen molar-refractivity contribution in [3.05, 3.63) is 16.4 Å². The molecule has 3 fully saturated rings. The zero-order valence-corrected chi connectivity index (χ0v) is 17.0. The Morgan fingerprint density at radius 2 is 2.00 bits per heavy atom. The van der Waals surface area contributed by atoms with Crippen molar-refractivity contribution >= 4 is 17.5 Å². The molecule has 5 heterocycles. The fourth-order valence-electron chi connectivity index (χ4n) is 5.12. The van der Waals surface area contributed by atoms with Crippen LogP contribution in [0.3, 0.4) is 0 Å². The molecule has 31 heavy (non-hydrogen) atoms. The van der Waals surface area contributed by atoms with E-state index in [1.165, 1.54) is 10.6 Å². The van der Waals surface area contributed by atoms with Gasteiger partial charge in [0.2, 0.25) is 5.95 Å². The zero-order valence-electron chi connectivity index (χ0n) is 17.0. The molecule has 0 amide bonds. The van der Waals surface area contributed by atoms with Crippen LogP contribution in [0.1, 0.15) is 25.7 Å². The fraction of sp³-hybridized carbons (Fsp3) is 0.750. The van der Waals surface area contributed by atoms with Crippen LogP contribution in [-0.2, 0) is 20.8 Å². The summed E-state index contributed by atoms with van der Waals surface area (Å²) in [7, 11) is 0. The first-order valence-corrected chi connectivity index (χ1v) is 10.7. The van der Waals surface area contributed by atoms with Gasteiger partial charge >= 0.3 is 6.18 Å². The van der Waals surface area contributed by atoms with E-state index in [-0.39, 0.29) is 42.8 Å². The normalized spacial score (nSPS) is 28.8. The summed E-state index contributed by atoms with van der Waals surface area (Å²) in [5, 5.41) is 0. The van der Waals surface area contributed by atoms with Gasteiger partial charge in [0, 0.05) is 38.3 Å². The molecule has 170 valence electrons. The minimum Gasteiger partial charge on any atom is -0.381 e. The van der Waals surface area contributed by atoms with Gasteiger partial charge in [-0.25, -0.2) is 0 Å². The monoisotopic (exact) mass is 442 g/mol. The standard InChI is InChI=1S/C20H25F3N4O4/c21-20(22,23)16-1-4-25-18(29)8-17(26-9-14-7-13(26)11-31-14)24-19(25)27(16)10-15(28)12-2-5-30-6-3-12/h8,12-14,16H,1-7,9-11H2/t13?,14-,16+/m1/s1. The van der Waals surface area contributed by atoms with Crippen molar-refractivity contribution in [1.29, 1.82) is 0 Å². The first-order valence-electron chi connectivity index (χ1n) is 10.7. The SMILES string of the molecule is O=C(CN1c2nc(N3C[C@H]4CC3CO4)cc(=O)n2CC[C@H]1C(F)(F)F)C1CCOCC1. The van der Waals surface area contributed by atoms with E-state index in [1.807, 2.05) is 4.90 Å². The van der Waals surface area contributed by atoms with E-state index in [1.54, 1.807) is 0 Å². The summed E-state index contributed by atoms with van der Waals surface area (Å²) in [4.78, 5) is 33.1. The van der Waals surface area contributed by atoms with Crippen LogP contribution in [0.2, 0.25) is 0 Å². The molecule has 0 aliphatic carbocycles. The third-order valence-electron chi connectivity index (χ3n) is 6.81. The summed E-state index contributed by atoms with van der Waals surface area (Å²) < 4.78 is 53.8. The molecule has 5 rings (SSSR count). The van der Waals surface area contributed by atoms with Crippen LogP contribution >= 0.6 is 0 Å². The number of halogens is 3. The number of rotatable bonds is 4. The second-order valence-electron chi connectivity index (χ2n) is 8.73. The molecule has 4 aliphatic heterocycles. The van der Waals surface area contributed by atoms with E-state index in [4.69, 9.17) is 9.47 Å². The summed E-state index contributed by atoms with van der Waals surface area (Å²) in [6, 6.07) is -0.396. The van der Waals surface area contributed by atoms with Crippen molar-refractivity contribution in [3.63, 3.8) is 0 Å². The molecule has 0 radical (unpaired) electrons. The van der Waals surface area contributed by atoms with Gasteiger partial charge in [0.25, 0.3) is 5.56 Å². The highest BCUT2D eigenvalue weighted by atomic mass is 19.4. The second kappa shape index (κ2) is 7.77. The largest absolute Gasteiger partial charge is 0.408 e. The summed E-state index contributed by atoms with van der Waals surface area (Å²) >= 11 is 0. The lowest BCUT2D eigenvalue weighted by atomic mass is 9.94. The van der Waals surface area contributed by atoms with Gasteiger partial charge in [-0.2, -0.15) is 18.2 Å². The number of fused-ring (bicyclic) bond motifs is 3. The third-order valence-corrected chi connectivity index (χ3v) is 6.81. The average Bonchev–Trinajstić information content (AvgIpc) is 3.37. The number of Topliss-reactive ketones (excluding diaryl/α,β-unsaturated/α-hetero) is 1. The first kappa shape index (κ1) is 20.7. The van der Waals surface area contributed by atoms with Gasteiger partial charge in [0.05, 0.1) is 25.3 Å². The zero-order chi connectivity index (χ0) is 21.8. The van der Waals surface area contributed by atoms with Crippen molar-refractivity contribution in [2.75, 3.05) is 42.7 Å². The molecule has 1 aromatic rings. The molecule has 2 bridgehead atoms. The topological polar surface area (TPSA) is 76.9 Å².